The van der Waals surface area contributed by atoms with Crippen molar-refractivity contribution in [3.05, 3.63) is 35.9 Å². The highest BCUT2D eigenvalue weighted by Crippen LogP contribution is 2.33. The summed E-state index contributed by atoms with van der Waals surface area (Å²) < 4.78 is 38.2. The van der Waals surface area contributed by atoms with E-state index in [9.17, 15) is 13.2 Å². The molecule has 2 atom stereocenters. The summed E-state index contributed by atoms with van der Waals surface area (Å²) >= 11 is 0. The summed E-state index contributed by atoms with van der Waals surface area (Å²) in [5.41, 5.74) is 7.20. The molecule has 1 aromatic rings. The van der Waals surface area contributed by atoms with Gasteiger partial charge in [0.25, 0.3) is 0 Å². The first-order valence-electron chi connectivity index (χ1n) is 7.56. The van der Waals surface area contributed by atoms with Crippen molar-refractivity contribution in [2.24, 2.45) is 11.7 Å². The van der Waals surface area contributed by atoms with Gasteiger partial charge < -0.3 is 10.6 Å². The predicted molar refractivity (Wildman–Crippen MR) is 77.8 cm³/mol. The molecule has 2 rings (SSSR count). The van der Waals surface area contributed by atoms with E-state index in [0.717, 1.165) is 24.9 Å². The third kappa shape index (κ3) is 5.00. The van der Waals surface area contributed by atoms with Gasteiger partial charge in [0.15, 0.2) is 0 Å². The second-order valence-corrected chi connectivity index (χ2v) is 5.84. The van der Waals surface area contributed by atoms with E-state index < -0.39 is 12.1 Å². The molecule has 1 aliphatic heterocycles. The van der Waals surface area contributed by atoms with Crippen LogP contribution in [0, 0.1) is 5.92 Å². The minimum absolute atomic E-state index is 0.0330. The van der Waals surface area contributed by atoms with E-state index in [1.54, 1.807) is 0 Å². The number of hydrogen-bond acceptors (Lipinski definition) is 2. The monoisotopic (exact) mass is 300 g/mol. The Morgan fingerprint density at radius 3 is 2.62 bits per heavy atom. The van der Waals surface area contributed by atoms with E-state index >= 15 is 0 Å². The van der Waals surface area contributed by atoms with Gasteiger partial charge in [-0.1, -0.05) is 30.3 Å². The molecule has 0 amide bonds. The lowest BCUT2D eigenvalue weighted by Crippen LogP contribution is -2.42. The number of likely N-dealkylation sites (tertiary alicyclic amines) is 1. The van der Waals surface area contributed by atoms with Gasteiger partial charge in [-0.3, -0.25) is 0 Å². The fraction of sp³-hybridized carbons (Fsp3) is 0.625. The maximum atomic E-state index is 12.7. The first-order chi connectivity index (χ1) is 9.97. The number of alkyl halides is 3. The van der Waals surface area contributed by atoms with E-state index in [1.807, 2.05) is 35.2 Å². The zero-order valence-electron chi connectivity index (χ0n) is 12.1. The highest BCUT2D eigenvalue weighted by molar-refractivity contribution is 5.18. The first-order valence-corrected chi connectivity index (χ1v) is 7.56. The highest BCUT2D eigenvalue weighted by Gasteiger charge is 2.41. The molecule has 1 aromatic carbocycles. The Bertz CT molecular complexity index is 419. The summed E-state index contributed by atoms with van der Waals surface area (Å²) in [7, 11) is 0. The van der Waals surface area contributed by atoms with Gasteiger partial charge in [0.2, 0.25) is 0 Å². The van der Waals surface area contributed by atoms with Crippen LogP contribution in [0.2, 0.25) is 0 Å². The summed E-state index contributed by atoms with van der Waals surface area (Å²) in [5, 5.41) is 0. The van der Waals surface area contributed by atoms with E-state index in [4.69, 9.17) is 5.73 Å². The van der Waals surface area contributed by atoms with E-state index in [2.05, 4.69) is 0 Å². The third-order valence-corrected chi connectivity index (χ3v) is 4.19. The van der Waals surface area contributed by atoms with Crippen molar-refractivity contribution >= 4 is 0 Å². The van der Waals surface area contributed by atoms with Gasteiger partial charge in [-0.05, 0) is 44.3 Å². The molecule has 0 aliphatic carbocycles. The molecule has 118 valence electrons. The Morgan fingerprint density at radius 2 is 1.95 bits per heavy atom. The van der Waals surface area contributed by atoms with Crippen LogP contribution in [0.25, 0.3) is 0 Å². The Morgan fingerprint density at radius 1 is 1.24 bits per heavy atom. The molecule has 1 fully saturated rings. The zero-order valence-corrected chi connectivity index (χ0v) is 12.1. The van der Waals surface area contributed by atoms with Crippen molar-refractivity contribution in [2.75, 3.05) is 19.6 Å². The molecule has 0 bridgehead atoms. The predicted octanol–water partition coefficient (Wildman–Crippen LogP) is 3.74. The maximum Gasteiger partial charge on any atom is 0.393 e. The van der Waals surface area contributed by atoms with Gasteiger partial charge in [0.1, 0.15) is 0 Å². The molecule has 0 radical (unpaired) electrons. The highest BCUT2D eigenvalue weighted by atomic mass is 19.4. The normalized spacial score (nSPS) is 22.2. The molecule has 1 aliphatic rings. The molecule has 5 heteroatoms. The lowest BCUT2D eigenvalue weighted by atomic mass is 9.97. The average Bonchev–Trinajstić information content (AvgIpc) is 2.47. The van der Waals surface area contributed by atoms with Crippen LogP contribution in [-0.2, 0) is 0 Å². The molecule has 1 saturated heterocycles. The molecule has 1 heterocycles. The zero-order chi connectivity index (χ0) is 15.3. The Labute approximate surface area is 124 Å². The van der Waals surface area contributed by atoms with Crippen molar-refractivity contribution < 1.29 is 13.2 Å². The second-order valence-electron chi connectivity index (χ2n) is 5.84. The van der Waals surface area contributed by atoms with Gasteiger partial charge >= 0.3 is 6.18 Å². The fourth-order valence-electron chi connectivity index (χ4n) is 2.93. The summed E-state index contributed by atoms with van der Waals surface area (Å²) in [6.45, 7) is 1.62. The summed E-state index contributed by atoms with van der Waals surface area (Å²) in [6, 6.07) is 9.80. The summed E-state index contributed by atoms with van der Waals surface area (Å²) in [4.78, 5) is 1.93. The molecule has 0 aromatic heterocycles. The van der Waals surface area contributed by atoms with Gasteiger partial charge in [0.05, 0.1) is 5.92 Å². The van der Waals surface area contributed by atoms with Crippen molar-refractivity contribution in [1.29, 1.82) is 0 Å². The molecular formula is C16H23F3N2. The number of rotatable bonds is 5. The SMILES string of the molecule is NC(CCCN1CCCC(C(F)(F)F)C1)c1ccccc1. The summed E-state index contributed by atoms with van der Waals surface area (Å²) in [6.07, 6.45) is -1.52. The number of benzene rings is 1. The largest absolute Gasteiger partial charge is 0.393 e. The molecule has 2 unspecified atom stereocenters. The van der Waals surface area contributed by atoms with Crippen molar-refractivity contribution in [3.63, 3.8) is 0 Å². The topological polar surface area (TPSA) is 29.3 Å². The molecular weight excluding hydrogens is 277 g/mol. The minimum Gasteiger partial charge on any atom is -0.324 e. The van der Waals surface area contributed by atoms with Crippen molar-refractivity contribution in [2.45, 2.75) is 37.9 Å². The number of hydrogen-bond donors (Lipinski definition) is 1. The second kappa shape index (κ2) is 7.27. The smallest absolute Gasteiger partial charge is 0.324 e. The van der Waals surface area contributed by atoms with E-state index in [-0.39, 0.29) is 19.0 Å². The molecule has 0 spiro atoms. The molecule has 0 saturated carbocycles. The van der Waals surface area contributed by atoms with Gasteiger partial charge in [-0.25, -0.2) is 0 Å². The average molecular weight is 300 g/mol. The maximum absolute atomic E-state index is 12.7. The molecule has 2 N–H and O–H groups in total. The van der Waals surface area contributed by atoms with Crippen LogP contribution in [0.4, 0.5) is 13.2 Å². The van der Waals surface area contributed by atoms with E-state index in [1.165, 1.54) is 0 Å². The van der Waals surface area contributed by atoms with Gasteiger partial charge in [-0.15, -0.1) is 0 Å². The number of piperidine rings is 1. The lowest BCUT2D eigenvalue weighted by Gasteiger charge is -2.33. The first kappa shape index (κ1) is 16.3. The fourth-order valence-corrected chi connectivity index (χ4v) is 2.93. The number of nitrogens with zero attached hydrogens (tertiary/aromatic N) is 1. The van der Waals surface area contributed by atoms with Crippen LogP contribution in [0.15, 0.2) is 30.3 Å². The van der Waals surface area contributed by atoms with Crippen LogP contribution < -0.4 is 5.73 Å². The van der Waals surface area contributed by atoms with E-state index in [0.29, 0.717) is 13.0 Å². The standard InChI is InChI=1S/C16H23F3N2/c17-16(18,19)14-8-4-10-21(12-14)11-5-9-15(20)13-6-2-1-3-7-13/h1-3,6-7,14-15H,4-5,8-12,20H2. The summed E-state index contributed by atoms with van der Waals surface area (Å²) in [5.74, 6) is -1.16. The van der Waals surface area contributed by atoms with Crippen LogP contribution in [0.3, 0.4) is 0 Å². The Balaban J connectivity index is 1.73. The van der Waals surface area contributed by atoms with Crippen molar-refractivity contribution in [1.82, 2.24) is 4.90 Å². The Kier molecular flexibility index (Phi) is 5.65. The van der Waals surface area contributed by atoms with Crippen LogP contribution in [-0.4, -0.2) is 30.7 Å². The van der Waals surface area contributed by atoms with Crippen LogP contribution in [0.5, 0.6) is 0 Å². The molecule has 21 heavy (non-hydrogen) atoms. The van der Waals surface area contributed by atoms with Crippen molar-refractivity contribution in [3.8, 4) is 0 Å². The van der Waals surface area contributed by atoms with Crippen LogP contribution >= 0.6 is 0 Å². The minimum atomic E-state index is -4.06. The lowest BCUT2D eigenvalue weighted by molar-refractivity contribution is -0.186. The van der Waals surface area contributed by atoms with Gasteiger partial charge in [0, 0.05) is 12.6 Å². The number of nitrogens with two attached hydrogens (primary N) is 1. The number of halogens is 3. The quantitative estimate of drug-likeness (QED) is 0.897. The van der Waals surface area contributed by atoms with Crippen LogP contribution in [0.1, 0.15) is 37.3 Å². The van der Waals surface area contributed by atoms with Gasteiger partial charge in [-0.2, -0.15) is 13.2 Å². The Hall–Kier alpha value is -1.07. The third-order valence-electron chi connectivity index (χ3n) is 4.19. The molecule has 2 nitrogen and oxygen atoms in total.